The third-order valence-electron chi connectivity index (χ3n) is 5.99. The van der Waals surface area contributed by atoms with Crippen LogP contribution in [-0.2, 0) is 20.9 Å². The van der Waals surface area contributed by atoms with Crippen LogP contribution in [0.25, 0.3) is 0 Å². The van der Waals surface area contributed by atoms with Crippen LogP contribution in [0.2, 0.25) is 0 Å². The molecule has 1 atom stereocenters. The molecule has 0 N–H and O–H groups in total. The number of methoxy groups -OCH3 is 1. The second-order valence-electron chi connectivity index (χ2n) is 7.93. The van der Waals surface area contributed by atoms with Crippen molar-refractivity contribution in [3.05, 3.63) is 29.8 Å². The van der Waals surface area contributed by atoms with E-state index in [0.717, 1.165) is 50.3 Å². The second-order valence-corrected chi connectivity index (χ2v) is 7.93. The summed E-state index contributed by atoms with van der Waals surface area (Å²) >= 11 is 0. The van der Waals surface area contributed by atoms with Crippen LogP contribution in [0.4, 0.5) is 0 Å². The van der Waals surface area contributed by atoms with E-state index in [0.29, 0.717) is 31.8 Å². The summed E-state index contributed by atoms with van der Waals surface area (Å²) in [4.78, 5) is 29.0. The highest BCUT2D eigenvalue weighted by Gasteiger charge is 2.32. The van der Waals surface area contributed by atoms with Gasteiger partial charge in [0.1, 0.15) is 5.75 Å². The molecule has 2 amide bonds. The quantitative estimate of drug-likeness (QED) is 0.721. The Balaban J connectivity index is 1.55. The Morgan fingerprint density at radius 3 is 2.75 bits per heavy atom. The average Bonchev–Trinajstić information content (AvgIpc) is 2.74. The first-order chi connectivity index (χ1) is 13.6. The van der Waals surface area contributed by atoms with Crippen LogP contribution in [0.15, 0.2) is 24.3 Å². The molecule has 0 spiro atoms. The fourth-order valence-electron chi connectivity index (χ4n) is 4.14. The lowest BCUT2D eigenvalue weighted by molar-refractivity contribution is -0.142. The molecule has 6 nitrogen and oxygen atoms in total. The summed E-state index contributed by atoms with van der Waals surface area (Å²) in [5.74, 6) is 1.58. The number of para-hydroxylation sites is 1. The van der Waals surface area contributed by atoms with Gasteiger partial charge < -0.3 is 19.3 Å². The molecule has 0 radical (unpaired) electrons. The highest BCUT2D eigenvalue weighted by molar-refractivity contribution is 5.83. The van der Waals surface area contributed by atoms with Crippen molar-refractivity contribution in [2.24, 2.45) is 11.8 Å². The molecule has 0 bridgehead atoms. The van der Waals surface area contributed by atoms with Crippen LogP contribution in [0.3, 0.4) is 0 Å². The van der Waals surface area contributed by atoms with E-state index in [1.54, 1.807) is 12.0 Å². The molecular formula is C22H32N2O4. The van der Waals surface area contributed by atoms with Crippen LogP contribution < -0.4 is 4.74 Å². The summed E-state index contributed by atoms with van der Waals surface area (Å²) in [5, 5.41) is 0. The second kappa shape index (κ2) is 9.92. The minimum atomic E-state index is -0.118. The molecule has 2 saturated heterocycles. The zero-order chi connectivity index (χ0) is 19.9. The van der Waals surface area contributed by atoms with Crippen LogP contribution in [0, 0.1) is 11.8 Å². The molecule has 1 aromatic carbocycles. The molecular weight excluding hydrogens is 356 g/mol. The van der Waals surface area contributed by atoms with Gasteiger partial charge in [0.25, 0.3) is 0 Å². The molecule has 2 aliphatic rings. The summed E-state index contributed by atoms with van der Waals surface area (Å²) in [6.07, 6.45) is 4.28. The largest absolute Gasteiger partial charge is 0.496 e. The third-order valence-corrected chi connectivity index (χ3v) is 5.99. The van der Waals surface area contributed by atoms with Gasteiger partial charge >= 0.3 is 0 Å². The van der Waals surface area contributed by atoms with Gasteiger partial charge in [-0.05, 0) is 37.7 Å². The van der Waals surface area contributed by atoms with Crippen molar-refractivity contribution in [3.8, 4) is 5.75 Å². The number of rotatable bonds is 7. The monoisotopic (exact) mass is 388 g/mol. The SMILES string of the molecule is COc1ccccc1CN1C[C@H](C(=O)N(C)CCC2CCOCC2)CCC1=O. The number of amides is 2. The normalized spacial score (nSPS) is 20.9. The number of hydrogen-bond donors (Lipinski definition) is 0. The van der Waals surface area contributed by atoms with E-state index in [1.807, 2.05) is 36.2 Å². The molecule has 28 heavy (non-hydrogen) atoms. The van der Waals surface area contributed by atoms with E-state index in [1.165, 1.54) is 0 Å². The maximum Gasteiger partial charge on any atom is 0.227 e. The van der Waals surface area contributed by atoms with Gasteiger partial charge in [0.2, 0.25) is 11.8 Å². The predicted octanol–water partition coefficient (Wildman–Crippen LogP) is 2.71. The fraction of sp³-hybridized carbons (Fsp3) is 0.636. The number of likely N-dealkylation sites (tertiary alicyclic amines) is 1. The summed E-state index contributed by atoms with van der Waals surface area (Å²) in [5.41, 5.74) is 0.972. The van der Waals surface area contributed by atoms with E-state index in [4.69, 9.17) is 9.47 Å². The maximum atomic E-state index is 12.9. The van der Waals surface area contributed by atoms with Gasteiger partial charge in [-0.25, -0.2) is 0 Å². The van der Waals surface area contributed by atoms with Crippen molar-refractivity contribution in [3.63, 3.8) is 0 Å². The molecule has 1 aromatic rings. The Morgan fingerprint density at radius 1 is 1.25 bits per heavy atom. The lowest BCUT2D eigenvalue weighted by Crippen LogP contribution is -2.46. The van der Waals surface area contributed by atoms with Gasteiger partial charge in [-0.15, -0.1) is 0 Å². The molecule has 0 aliphatic carbocycles. The van der Waals surface area contributed by atoms with E-state index in [-0.39, 0.29) is 17.7 Å². The minimum Gasteiger partial charge on any atom is -0.496 e. The van der Waals surface area contributed by atoms with Crippen LogP contribution in [0.5, 0.6) is 5.75 Å². The topological polar surface area (TPSA) is 59.1 Å². The average molecular weight is 389 g/mol. The Labute approximate surface area is 167 Å². The summed E-state index contributed by atoms with van der Waals surface area (Å²) < 4.78 is 10.8. The Hall–Kier alpha value is -2.08. The van der Waals surface area contributed by atoms with Crippen LogP contribution in [0.1, 0.15) is 37.7 Å². The van der Waals surface area contributed by atoms with Gasteiger partial charge in [0.05, 0.1) is 13.0 Å². The first-order valence-corrected chi connectivity index (χ1v) is 10.3. The zero-order valence-electron chi connectivity index (χ0n) is 17.1. The van der Waals surface area contributed by atoms with Gasteiger partial charge in [0.15, 0.2) is 0 Å². The third kappa shape index (κ3) is 5.25. The van der Waals surface area contributed by atoms with Crippen molar-refractivity contribution in [2.45, 2.75) is 38.6 Å². The number of benzene rings is 1. The summed E-state index contributed by atoms with van der Waals surface area (Å²) in [7, 11) is 3.53. The molecule has 2 heterocycles. The number of ether oxygens (including phenoxy) is 2. The van der Waals surface area contributed by atoms with E-state index in [9.17, 15) is 9.59 Å². The highest BCUT2D eigenvalue weighted by atomic mass is 16.5. The standard InChI is InChI=1S/C22H32N2O4/c1-23(12-9-17-10-13-28-14-11-17)22(26)19-7-8-21(25)24(16-19)15-18-5-3-4-6-20(18)27-2/h3-6,17,19H,7-16H2,1-2H3/t19-/m1/s1. The van der Waals surface area contributed by atoms with Gasteiger partial charge in [-0.3, -0.25) is 9.59 Å². The van der Waals surface area contributed by atoms with Crippen LogP contribution in [-0.4, -0.2) is 62.1 Å². The molecule has 0 aromatic heterocycles. The van der Waals surface area contributed by atoms with Crippen molar-refractivity contribution in [2.75, 3.05) is 40.5 Å². The Morgan fingerprint density at radius 2 is 2.00 bits per heavy atom. The lowest BCUT2D eigenvalue weighted by atomic mass is 9.94. The first-order valence-electron chi connectivity index (χ1n) is 10.3. The molecule has 154 valence electrons. The lowest BCUT2D eigenvalue weighted by Gasteiger charge is -2.34. The van der Waals surface area contributed by atoms with Crippen molar-refractivity contribution >= 4 is 11.8 Å². The molecule has 3 rings (SSSR count). The molecule has 2 aliphatic heterocycles. The number of carbonyl (C=O) groups is 2. The van der Waals surface area contributed by atoms with Crippen molar-refractivity contribution < 1.29 is 19.1 Å². The van der Waals surface area contributed by atoms with Crippen molar-refractivity contribution in [1.82, 2.24) is 9.80 Å². The van der Waals surface area contributed by atoms with E-state index in [2.05, 4.69) is 0 Å². The zero-order valence-corrected chi connectivity index (χ0v) is 17.1. The summed E-state index contributed by atoms with van der Waals surface area (Å²) in [6.45, 7) is 3.42. The minimum absolute atomic E-state index is 0.111. The Kier molecular flexibility index (Phi) is 7.31. The first kappa shape index (κ1) is 20.6. The maximum absolute atomic E-state index is 12.9. The number of carbonyl (C=O) groups excluding carboxylic acids is 2. The number of nitrogens with zero attached hydrogens (tertiary/aromatic N) is 2. The van der Waals surface area contributed by atoms with E-state index >= 15 is 0 Å². The van der Waals surface area contributed by atoms with Gasteiger partial charge in [-0.1, -0.05) is 18.2 Å². The highest BCUT2D eigenvalue weighted by Crippen LogP contribution is 2.25. The van der Waals surface area contributed by atoms with Gasteiger partial charge in [-0.2, -0.15) is 0 Å². The number of piperidine rings is 1. The molecule has 2 fully saturated rings. The smallest absolute Gasteiger partial charge is 0.227 e. The number of hydrogen-bond acceptors (Lipinski definition) is 4. The fourth-order valence-corrected chi connectivity index (χ4v) is 4.14. The predicted molar refractivity (Wildman–Crippen MR) is 107 cm³/mol. The molecule has 6 heteroatoms. The van der Waals surface area contributed by atoms with Crippen molar-refractivity contribution in [1.29, 1.82) is 0 Å². The van der Waals surface area contributed by atoms with E-state index < -0.39 is 0 Å². The molecule has 0 saturated carbocycles. The molecule has 0 unspecified atom stereocenters. The summed E-state index contributed by atoms with van der Waals surface area (Å²) in [6, 6.07) is 7.73. The Bertz CT molecular complexity index is 672. The van der Waals surface area contributed by atoms with Gasteiger partial charge in [0, 0.05) is 51.9 Å². The van der Waals surface area contributed by atoms with Crippen LogP contribution >= 0.6 is 0 Å².